The molecule has 1 rings (SSSR count). The van der Waals surface area contributed by atoms with Crippen molar-refractivity contribution in [2.45, 2.75) is 13.0 Å². The molecule has 0 aliphatic carbocycles. The van der Waals surface area contributed by atoms with E-state index in [1.54, 1.807) is 32.2 Å². The number of ether oxygens (including phenoxy) is 2. The normalized spacial score (nSPS) is 12.0. The highest BCUT2D eigenvalue weighted by atomic mass is 35.5. The number of amides is 1. The van der Waals surface area contributed by atoms with Crippen LogP contribution in [0.3, 0.4) is 0 Å². The molecule has 0 saturated heterocycles. The average molecular weight is 288 g/mol. The van der Waals surface area contributed by atoms with Gasteiger partial charge in [0.05, 0.1) is 12.7 Å². The van der Waals surface area contributed by atoms with Gasteiger partial charge in [0, 0.05) is 24.2 Å². The molecule has 0 aliphatic heterocycles. The first-order valence-electron chi connectivity index (χ1n) is 5.90. The van der Waals surface area contributed by atoms with Crippen LogP contribution >= 0.6 is 11.6 Å². The number of benzene rings is 1. The number of halogens is 1. The lowest BCUT2D eigenvalue weighted by molar-refractivity contribution is -0.123. The maximum absolute atomic E-state index is 11.5. The molecular weight excluding hydrogens is 270 g/mol. The summed E-state index contributed by atoms with van der Waals surface area (Å²) in [6.07, 6.45) is -0.717. The Balaban J connectivity index is 2.55. The van der Waals surface area contributed by atoms with E-state index in [9.17, 15) is 9.90 Å². The second-order valence-electron chi connectivity index (χ2n) is 3.99. The van der Waals surface area contributed by atoms with Crippen LogP contribution < -0.4 is 10.1 Å². The Morgan fingerprint density at radius 3 is 2.89 bits per heavy atom. The summed E-state index contributed by atoms with van der Waals surface area (Å²) in [5.74, 6) is 0.199. The molecule has 1 aromatic carbocycles. The third kappa shape index (κ3) is 5.46. The van der Waals surface area contributed by atoms with Gasteiger partial charge in [-0.3, -0.25) is 4.79 Å². The van der Waals surface area contributed by atoms with Crippen molar-refractivity contribution in [3.63, 3.8) is 0 Å². The van der Waals surface area contributed by atoms with E-state index in [1.165, 1.54) is 0 Å². The summed E-state index contributed by atoms with van der Waals surface area (Å²) in [5, 5.41) is 12.8. The number of carbonyl (C=O) groups excluding carboxylic acids is 1. The van der Waals surface area contributed by atoms with Crippen molar-refractivity contribution in [1.29, 1.82) is 0 Å². The van der Waals surface area contributed by atoms with Crippen LogP contribution in [0.4, 0.5) is 0 Å². The van der Waals surface area contributed by atoms with Crippen molar-refractivity contribution in [2.75, 3.05) is 26.9 Å². The highest BCUT2D eigenvalue weighted by Gasteiger charge is 2.11. The summed E-state index contributed by atoms with van der Waals surface area (Å²) in [5.41, 5.74) is 0.553. The SMILES string of the molecule is COCCNC(=O)COc1ccc(Cl)cc1[C@H](C)O. The lowest BCUT2D eigenvalue weighted by Gasteiger charge is -2.13. The number of aliphatic hydroxyl groups excluding tert-OH is 1. The number of nitrogens with one attached hydrogen (secondary N) is 1. The Hall–Kier alpha value is -1.30. The van der Waals surface area contributed by atoms with Crippen molar-refractivity contribution in [3.8, 4) is 5.75 Å². The fourth-order valence-electron chi connectivity index (χ4n) is 1.46. The van der Waals surface area contributed by atoms with Crippen molar-refractivity contribution >= 4 is 17.5 Å². The topological polar surface area (TPSA) is 67.8 Å². The van der Waals surface area contributed by atoms with E-state index >= 15 is 0 Å². The summed E-state index contributed by atoms with van der Waals surface area (Å²) >= 11 is 5.85. The molecular formula is C13H18ClNO4. The van der Waals surface area contributed by atoms with E-state index in [1.807, 2.05) is 0 Å². The minimum atomic E-state index is -0.717. The minimum Gasteiger partial charge on any atom is -0.483 e. The lowest BCUT2D eigenvalue weighted by atomic mass is 10.1. The fraction of sp³-hybridized carbons (Fsp3) is 0.462. The first-order valence-corrected chi connectivity index (χ1v) is 6.28. The number of hydrogen-bond donors (Lipinski definition) is 2. The van der Waals surface area contributed by atoms with Crippen LogP contribution in [0.1, 0.15) is 18.6 Å². The zero-order chi connectivity index (χ0) is 14.3. The minimum absolute atomic E-state index is 0.120. The summed E-state index contributed by atoms with van der Waals surface area (Å²) < 4.78 is 10.2. The average Bonchev–Trinajstić information content (AvgIpc) is 2.37. The zero-order valence-electron chi connectivity index (χ0n) is 11.0. The van der Waals surface area contributed by atoms with Gasteiger partial charge in [-0.1, -0.05) is 11.6 Å². The molecule has 0 aromatic heterocycles. The standard InChI is InChI=1S/C13H18ClNO4/c1-9(16)11-7-10(14)3-4-12(11)19-8-13(17)15-5-6-18-2/h3-4,7,9,16H,5-6,8H2,1-2H3,(H,15,17)/t9-/m0/s1. The summed E-state index contributed by atoms with van der Waals surface area (Å²) in [4.78, 5) is 11.5. The van der Waals surface area contributed by atoms with Gasteiger partial charge in [-0.25, -0.2) is 0 Å². The van der Waals surface area contributed by atoms with Crippen molar-refractivity contribution < 1.29 is 19.4 Å². The maximum Gasteiger partial charge on any atom is 0.258 e. The molecule has 1 amide bonds. The molecule has 0 fully saturated rings. The molecule has 1 aromatic rings. The van der Waals surface area contributed by atoms with Gasteiger partial charge < -0.3 is 19.9 Å². The molecule has 0 unspecified atom stereocenters. The summed E-state index contributed by atoms with van der Waals surface area (Å²) in [6.45, 7) is 2.37. The number of carbonyl (C=O) groups is 1. The smallest absolute Gasteiger partial charge is 0.258 e. The highest BCUT2D eigenvalue weighted by Crippen LogP contribution is 2.28. The van der Waals surface area contributed by atoms with E-state index in [0.29, 0.717) is 29.5 Å². The zero-order valence-corrected chi connectivity index (χ0v) is 11.7. The molecule has 0 heterocycles. The molecule has 0 aliphatic rings. The first-order chi connectivity index (χ1) is 9.04. The van der Waals surface area contributed by atoms with Gasteiger partial charge >= 0.3 is 0 Å². The van der Waals surface area contributed by atoms with Gasteiger partial charge in [0.25, 0.3) is 5.91 Å². The monoisotopic (exact) mass is 287 g/mol. The fourth-order valence-corrected chi connectivity index (χ4v) is 1.64. The molecule has 0 spiro atoms. The van der Waals surface area contributed by atoms with E-state index in [4.69, 9.17) is 21.1 Å². The molecule has 0 saturated carbocycles. The summed E-state index contributed by atoms with van der Waals surface area (Å²) in [7, 11) is 1.56. The Morgan fingerprint density at radius 2 is 2.26 bits per heavy atom. The predicted molar refractivity (Wildman–Crippen MR) is 72.5 cm³/mol. The maximum atomic E-state index is 11.5. The van der Waals surface area contributed by atoms with Crippen molar-refractivity contribution in [1.82, 2.24) is 5.32 Å². The third-order valence-electron chi connectivity index (χ3n) is 2.41. The Bertz CT molecular complexity index is 423. The van der Waals surface area contributed by atoms with E-state index in [-0.39, 0.29) is 12.5 Å². The molecule has 19 heavy (non-hydrogen) atoms. The van der Waals surface area contributed by atoms with Gasteiger partial charge in [0.1, 0.15) is 5.75 Å². The molecule has 1 atom stereocenters. The van der Waals surface area contributed by atoms with E-state index in [2.05, 4.69) is 5.32 Å². The Kier molecular flexibility index (Phi) is 6.62. The van der Waals surface area contributed by atoms with Crippen LogP contribution in [0, 0.1) is 0 Å². The van der Waals surface area contributed by atoms with Gasteiger partial charge in [-0.15, -0.1) is 0 Å². The number of aliphatic hydroxyl groups is 1. The van der Waals surface area contributed by atoms with Gasteiger partial charge in [0.15, 0.2) is 6.61 Å². The second kappa shape index (κ2) is 7.99. The van der Waals surface area contributed by atoms with Crippen molar-refractivity contribution in [3.05, 3.63) is 28.8 Å². The van der Waals surface area contributed by atoms with Gasteiger partial charge in [-0.05, 0) is 25.1 Å². The summed E-state index contributed by atoms with van der Waals surface area (Å²) in [6, 6.07) is 4.89. The lowest BCUT2D eigenvalue weighted by Crippen LogP contribution is -2.31. The largest absolute Gasteiger partial charge is 0.483 e. The van der Waals surface area contributed by atoms with Crippen molar-refractivity contribution in [2.24, 2.45) is 0 Å². The molecule has 6 heteroatoms. The van der Waals surface area contributed by atoms with Gasteiger partial charge in [0.2, 0.25) is 0 Å². The quantitative estimate of drug-likeness (QED) is 0.747. The van der Waals surface area contributed by atoms with Crippen LogP contribution in [-0.2, 0) is 9.53 Å². The molecule has 0 bridgehead atoms. The second-order valence-corrected chi connectivity index (χ2v) is 4.43. The van der Waals surface area contributed by atoms with Gasteiger partial charge in [-0.2, -0.15) is 0 Å². The predicted octanol–water partition coefficient (Wildman–Crippen LogP) is 1.53. The Morgan fingerprint density at radius 1 is 1.53 bits per heavy atom. The van der Waals surface area contributed by atoms with Crippen LogP contribution in [0.15, 0.2) is 18.2 Å². The highest BCUT2D eigenvalue weighted by molar-refractivity contribution is 6.30. The number of methoxy groups -OCH3 is 1. The van der Waals surface area contributed by atoms with Crippen LogP contribution in [0.5, 0.6) is 5.75 Å². The van der Waals surface area contributed by atoms with Crippen LogP contribution in [0.2, 0.25) is 5.02 Å². The molecule has 106 valence electrons. The van der Waals surface area contributed by atoms with Crippen LogP contribution in [-0.4, -0.2) is 37.9 Å². The van der Waals surface area contributed by atoms with E-state index in [0.717, 1.165) is 0 Å². The third-order valence-corrected chi connectivity index (χ3v) is 2.64. The number of rotatable bonds is 7. The molecule has 5 nitrogen and oxygen atoms in total. The van der Waals surface area contributed by atoms with Crippen LogP contribution in [0.25, 0.3) is 0 Å². The van der Waals surface area contributed by atoms with E-state index < -0.39 is 6.10 Å². The molecule has 2 N–H and O–H groups in total. The molecule has 0 radical (unpaired) electrons. The first kappa shape index (κ1) is 15.8. The number of hydrogen-bond acceptors (Lipinski definition) is 4. The Labute approximate surface area is 117 Å².